The summed E-state index contributed by atoms with van der Waals surface area (Å²) in [5.74, 6) is 0.299. The molecule has 0 aliphatic heterocycles. The van der Waals surface area contributed by atoms with Gasteiger partial charge in [0.05, 0.1) is 11.8 Å². The van der Waals surface area contributed by atoms with Gasteiger partial charge < -0.3 is 10.4 Å². The second-order valence-corrected chi connectivity index (χ2v) is 5.84. The lowest BCUT2D eigenvalue weighted by molar-refractivity contribution is -0.121. The van der Waals surface area contributed by atoms with Gasteiger partial charge in [-0.15, -0.1) is 0 Å². The van der Waals surface area contributed by atoms with Crippen LogP contribution in [0.5, 0.6) is 0 Å². The molecule has 1 amide bonds. The number of carbonyl (C=O) groups is 1. The number of hydrogen-bond acceptors (Lipinski definition) is 3. The van der Waals surface area contributed by atoms with E-state index in [4.69, 9.17) is 0 Å². The Labute approximate surface area is 120 Å². The zero-order chi connectivity index (χ0) is 14.7. The fraction of sp³-hybridized carbons (Fsp3) is 0.733. The van der Waals surface area contributed by atoms with Crippen LogP contribution in [0.3, 0.4) is 0 Å². The Morgan fingerprint density at radius 1 is 1.45 bits per heavy atom. The number of aliphatic hydroxyl groups is 1. The number of aliphatic hydroxyl groups excluding tert-OH is 1. The molecule has 0 saturated heterocycles. The van der Waals surface area contributed by atoms with Crippen LogP contribution < -0.4 is 5.32 Å². The Kier molecular flexibility index (Phi) is 4.81. The first-order chi connectivity index (χ1) is 9.49. The van der Waals surface area contributed by atoms with Crippen molar-refractivity contribution in [3.8, 4) is 0 Å². The zero-order valence-corrected chi connectivity index (χ0v) is 12.6. The van der Waals surface area contributed by atoms with Crippen molar-refractivity contribution in [3.05, 3.63) is 17.0 Å². The van der Waals surface area contributed by atoms with Gasteiger partial charge in [0.15, 0.2) is 0 Å². The lowest BCUT2D eigenvalue weighted by Crippen LogP contribution is -2.32. The molecule has 1 saturated carbocycles. The first kappa shape index (κ1) is 15.0. The summed E-state index contributed by atoms with van der Waals surface area (Å²) in [5, 5.41) is 17.0. The second kappa shape index (κ2) is 6.39. The molecular formula is C15H25N3O2. The Morgan fingerprint density at radius 2 is 2.20 bits per heavy atom. The van der Waals surface area contributed by atoms with Gasteiger partial charge in [0.1, 0.15) is 0 Å². The minimum atomic E-state index is -0.238. The van der Waals surface area contributed by atoms with Crippen LogP contribution in [0.25, 0.3) is 0 Å². The highest BCUT2D eigenvalue weighted by atomic mass is 16.3. The SMILES string of the molecule is Cc1nn(C)c(C)c1CCC(=O)NCC1CCCC1O. The summed E-state index contributed by atoms with van der Waals surface area (Å²) >= 11 is 0. The molecule has 1 aliphatic carbocycles. The maximum atomic E-state index is 11.9. The number of hydrogen-bond donors (Lipinski definition) is 2. The van der Waals surface area contributed by atoms with Crippen LogP contribution in [-0.4, -0.2) is 33.4 Å². The van der Waals surface area contributed by atoms with E-state index in [1.165, 1.54) is 5.56 Å². The summed E-state index contributed by atoms with van der Waals surface area (Å²) in [4.78, 5) is 11.9. The quantitative estimate of drug-likeness (QED) is 0.852. The topological polar surface area (TPSA) is 67.2 Å². The first-order valence-electron chi connectivity index (χ1n) is 7.43. The van der Waals surface area contributed by atoms with E-state index in [2.05, 4.69) is 10.4 Å². The molecule has 0 radical (unpaired) electrons. The van der Waals surface area contributed by atoms with Crippen LogP contribution in [-0.2, 0) is 18.3 Å². The molecule has 0 bridgehead atoms. The number of aromatic nitrogens is 2. The third-order valence-corrected chi connectivity index (χ3v) is 4.44. The number of amides is 1. The molecule has 5 heteroatoms. The third-order valence-electron chi connectivity index (χ3n) is 4.44. The van der Waals surface area contributed by atoms with Crippen molar-refractivity contribution in [2.24, 2.45) is 13.0 Å². The Morgan fingerprint density at radius 3 is 2.75 bits per heavy atom. The highest BCUT2D eigenvalue weighted by Gasteiger charge is 2.25. The molecule has 2 unspecified atom stereocenters. The van der Waals surface area contributed by atoms with E-state index in [9.17, 15) is 9.90 Å². The van der Waals surface area contributed by atoms with Crippen LogP contribution in [0, 0.1) is 19.8 Å². The highest BCUT2D eigenvalue weighted by molar-refractivity contribution is 5.76. The number of aryl methyl sites for hydroxylation is 2. The van der Waals surface area contributed by atoms with E-state index < -0.39 is 0 Å². The average Bonchev–Trinajstić information content (AvgIpc) is 2.91. The van der Waals surface area contributed by atoms with Crippen LogP contribution in [0.2, 0.25) is 0 Å². The monoisotopic (exact) mass is 279 g/mol. The molecule has 2 N–H and O–H groups in total. The highest BCUT2D eigenvalue weighted by Crippen LogP contribution is 2.24. The Balaban J connectivity index is 1.77. The van der Waals surface area contributed by atoms with E-state index in [0.29, 0.717) is 13.0 Å². The van der Waals surface area contributed by atoms with Gasteiger partial charge in [0.2, 0.25) is 5.91 Å². The molecule has 20 heavy (non-hydrogen) atoms. The molecule has 5 nitrogen and oxygen atoms in total. The number of nitrogens with one attached hydrogen (secondary N) is 1. The molecule has 2 rings (SSSR count). The van der Waals surface area contributed by atoms with Crippen molar-refractivity contribution >= 4 is 5.91 Å². The summed E-state index contributed by atoms with van der Waals surface area (Å²) in [5.41, 5.74) is 3.30. The van der Waals surface area contributed by atoms with Crippen LogP contribution >= 0.6 is 0 Å². The summed E-state index contributed by atoms with van der Waals surface area (Å²) < 4.78 is 1.86. The molecule has 1 aromatic heterocycles. The smallest absolute Gasteiger partial charge is 0.220 e. The molecule has 0 spiro atoms. The van der Waals surface area contributed by atoms with Gasteiger partial charge in [0, 0.05) is 31.6 Å². The number of rotatable bonds is 5. The molecule has 2 atom stereocenters. The lowest BCUT2D eigenvalue weighted by atomic mass is 10.1. The van der Waals surface area contributed by atoms with Crippen LogP contribution in [0.4, 0.5) is 0 Å². The fourth-order valence-corrected chi connectivity index (χ4v) is 3.01. The Hall–Kier alpha value is -1.36. The summed E-state index contributed by atoms with van der Waals surface area (Å²) in [7, 11) is 1.92. The van der Waals surface area contributed by atoms with Crippen molar-refractivity contribution in [1.82, 2.24) is 15.1 Å². The maximum Gasteiger partial charge on any atom is 0.220 e. The standard InChI is InChI=1S/C15H25N3O2/c1-10-13(11(2)18(3)17-10)7-8-15(20)16-9-12-5-4-6-14(12)19/h12,14,19H,4-9H2,1-3H3,(H,16,20). The number of carbonyl (C=O) groups excluding carboxylic acids is 1. The normalized spacial score (nSPS) is 22.2. The molecule has 0 aromatic carbocycles. The Bertz CT molecular complexity index is 482. The van der Waals surface area contributed by atoms with Gasteiger partial charge in [-0.3, -0.25) is 9.48 Å². The predicted octanol–water partition coefficient (Wildman–Crippen LogP) is 1.25. The molecule has 1 aliphatic rings. The van der Waals surface area contributed by atoms with Gasteiger partial charge in [-0.2, -0.15) is 5.10 Å². The van der Waals surface area contributed by atoms with Crippen LogP contribution in [0.1, 0.15) is 42.6 Å². The van der Waals surface area contributed by atoms with Crippen molar-refractivity contribution in [2.45, 2.75) is 52.1 Å². The van der Waals surface area contributed by atoms with E-state index in [-0.39, 0.29) is 17.9 Å². The molecule has 1 heterocycles. The molecule has 112 valence electrons. The van der Waals surface area contributed by atoms with Gasteiger partial charge >= 0.3 is 0 Å². The second-order valence-electron chi connectivity index (χ2n) is 5.84. The third kappa shape index (κ3) is 3.39. The predicted molar refractivity (Wildman–Crippen MR) is 77.4 cm³/mol. The van der Waals surface area contributed by atoms with E-state index in [0.717, 1.165) is 37.1 Å². The van der Waals surface area contributed by atoms with Crippen molar-refractivity contribution in [3.63, 3.8) is 0 Å². The summed E-state index contributed by atoms with van der Waals surface area (Å²) in [6.07, 6.45) is 3.92. The van der Waals surface area contributed by atoms with Gasteiger partial charge in [-0.1, -0.05) is 6.42 Å². The number of nitrogens with zero attached hydrogens (tertiary/aromatic N) is 2. The van der Waals surface area contributed by atoms with Crippen molar-refractivity contribution in [1.29, 1.82) is 0 Å². The van der Waals surface area contributed by atoms with Gasteiger partial charge in [0.25, 0.3) is 0 Å². The lowest BCUT2D eigenvalue weighted by Gasteiger charge is -2.15. The van der Waals surface area contributed by atoms with Gasteiger partial charge in [-0.05, 0) is 38.7 Å². The van der Waals surface area contributed by atoms with Crippen LogP contribution in [0.15, 0.2) is 0 Å². The minimum absolute atomic E-state index is 0.0618. The average molecular weight is 279 g/mol. The van der Waals surface area contributed by atoms with Crippen molar-refractivity contribution < 1.29 is 9.90 Å². The van der Waals surface area contributed by atoms with Crippen molar-refractivity contribution in [2.75, 3.05) is 6.54 Å². The molecular weight excluding hydrogens is 254 g/mol. The van der Waals surface area contributed by atoms with Gasteiger partial charge in [-0.25, -0.2) is 0 Å². The largest absolute Gasteiger partial charge is 0.393 e. The molecule has 1 aromatic rings. The first-order valence-corrected chi connectivity index (χ1v) is 7.43. The van der Waals surface area contributed by atoms with E-state index in [1.54, 1.807) is 0 Å². The van der Waals surface area contributed by atoms with E-state index >= 15 is 0 Å². The summed E-state index contributed by atoms with van der Waals surface area (Å²) in [6.45, 7) is 4.61. The minimum Gasteiger partial charge on any atom is -0.393 e. The fourth-order valence-electron chi connectivity index (χ4n) is 3.01. The zero-order valence-electron chi connectivity index (χ0n) is 12.6. The molecule has 1 fully saturated rings. The maximum absolute atomic E-state index is 11.9. The van der Waals surface area contributed by atoms with E-state index in [1.807, 2.05) is 25.6 Å². The summed E-state index contributed by atoms with van der Waals surface area (Å²) in [6, 6.07) is 0.